The molecule has 5 heteroatoms. The van der Waals surface area contributed by atoms with Gasteiger partial charge in [0.15, 0.2) is 0 Å². The van der Waals surface area contributed by atoms with Crippen LogP contribution in [0.25, 0.3) is 11.5 Å². The Morgan fingerprint density at radius 3 is 3.00 bits per heavy atom. The summed E-state index contributed by atoms with van der Waals surface area (Å²) >= 11 is 0. The van der Waals surface area contributed by atoms with E-state index in [0.29, 0.717) is 24.8 Å². The lowest BCUT2D eigenvalue weighted by Gasteiger charge is -2.26. The molecule has 2 aromatic rings. The summed E-state index contributed by atoms with van der Waals surface area (Å²) in [7, 11) is 0. The second kappa shape index (κ2) is 6.16. The number of aromatic nitrogens is 1. The third-order valence-electron chi connectivity index (χ3n) is 4.73. The van der Waals surface area contributed by atoms with E-state index in [1.807, 2.05) is 35.2 Å². The SMILES string of the molecule is O=C(CC1CCNC1)N1CCc2oc(-c3ccccc3)nc2C1. The van der Waals surface area contributed by atoms with E-state index in [0.717, 1.165) is 49.5 Å². The zero-order valence-corrected chi connectivity index (χ0v) is 13.1. The Labute approximate surface area is 135 Å². The molecule has 0 bridgehead atoms. The molecule has 3 heterocycles. The predicted molar refractivity (Wildman–Crippen MR) is 86.7 cm³/mol. The summed E-state index contributed by atoms with van der Waals surface area (Å²) in [4.78, 5) is 19.0. The molecule has 0 saturated carbocycles. The predicted octanol–water partition coefficient (Wildman–Crippen LogP) is 2.23. The molecule has 2 aliphatic rings. The smallest absolute Gasteiger partial charge is 0.226 e. The number of amides is 1. The Morgan fingerprint density at radius 2 is 2.22 bits per heavy atom. The second-order valence-corrected chi connectivity index (χ2v) is 6.38. The van der Waals surface area contributed by atoms with Crippen molar-refractivity contribution >= 4 is 5.91 Å². The van der Waals surface area contributed by atoms with Crippen LogP contribution in [0.2, 0.25) is 0 Å². The van der Waals surface area contributed by atoms with Crippen molar-refractivity contribution in [1.29, 1.82) is 0 Å². The molecule has 5 nitrogen and oxygen atoms in total. The minimum atomic E-state index is 0.244. The van der Waals surface area contributed by atoms with Gasteiger partial charge in [-0.3, -0.25) is 4.79 Å². The minimum absolute atomic E-state index is 0.244. The number of rotatable bonds is 3. The molecular weight excluding hydrogens is 290 g/mol. The normalized spacial score (nSPS) is 20.5. The molecule has 0 spiro atoms. The van der Waals surface area contributed by atoms with Gasteiger partial charge in [-0.1, -0.05) is 18.2 Å². The number of fused-ring (bicyclic) bond motifs is 1. The van der Waals surface area contributed by atoms with Gasteiger partial charge in [-0.15, -0.1) is 0 Å². The summed E-state index contributed by atoms with van der Waals surface area (Å²) in [6.45, 7) is 3.30. The van der Waals surface area contributed by atoms with E-state index < -0.39 is 0 Å². The van der Waals surface area contributed by atoms with E-state index in [-0.39, 0.29) is 5.91 Å². The Bertz CT molecular complexity index is 690. The summed E-state index contributed by atoms with van der Waals surface area (Å²) < 4.78 is 5.89. The maximum Gasteiger partial charge on any atom is 0.226 e. The summed E-state index contributed by atoms with van der Waals surface area (Å²) in [5.74, 6) is 2.31. The molecule has 2 aliphatic heterocycles. The van der Waals surface area contributed by atoms with Gasteiger partial charge in [-0.25, -0.2) is 4.98 Å². The number of oxazole rings is 1. The fourth-order valence-corrected chi connectivity index (χ4v) is 3.38. The Kier molecular flexibility index (Phi) is 3.87. The van der Waals surface area contributed by atoms with Crippen molar-refractivity contribution < 1.29 is 9.21 Å². The van der Waals surface area contributed by atoms with Gasteiger partial charge in [0.05, 0.1) is 6.54 Å². The highest BCUT2D eigenvalue weighted by Crippen LogP contribution is 2.26. The van der Waals surface area contributed by atoms with Crippen molar-refractivity contribution in [2.24, 2.45) is 5.92 Å². The lowest BCUT2D eigenvalue weighted by molar-refractivity contribution is -0.133. The van der Waals surface area contributed by atoms with Gasteiger partial charge in [0.25, 0.3) is 0 Å². The summed E-state index contributed by atoms with van der Waals surface area (Å²) in [6, 6.07) is 9.92. The van der Waals surface area contributed by atoms with Crippen molar-refractivity contribution in [1.82, 2.24) is 15.2 Å². The molecule has 1 saturated heterocycles. The van der Waals surface area contributed by atoms with Crippen LogP contribution in [0.3, 0.4) is 0 Å². The molecule has 1 amide bonds. The van der Waals surface area contributed by atoms with Crippen LogP contribution in [-0.4, -0.2) is 35.4 Å². The number of hydrogen-bond acceptors (Lipinski definition) is 4. The van der Waals surface area contributed by atoms with Crippen molar-refractivity contribution in [3.63, 3.8) is 0 Å². The maximum atomic E-state index is 12.5. The van der Waals surface area contributed by atoms with Gasteiger partial charge < -0.3 is 14.6 Å². The molecular formula is C18H21N3O2. The van der Waals surface area contributed by atoms with E-state index >= 15 is 0 Å². The second-order valence-electron chi connectivity index (χ2n) is 6.38. The van der Waals surface area contributed by atoms with E-state index in [4.69, 9.17) is 4.42 Å². The number of nitrogens with zero attached hydrogens (tertiary/aromatic N) is 2. The first-order valence-electron chi connectivity index (χ1n) is 8.32. The Hall–Kier alpha value is -2.14. The fraction of sp³-hybridized carbons (Fsp3) is 0.444. The van der Waals surface area contributed by atoms with Crippen LogP contribution in [0, 0.1) is 5.92 Å². The lowest BCUT2D eigenvalue weighted by Crippen LogP contribution is -2.36. The van der Waals surface area contributed by atoms with Crippen molar-refractivity contribution in [3.05, 3.63) is 41.8 Å². The molecule has 1 atom stereocenters. The van der Waals surface area contributed by atoms with Crippen LogP contribution >= 0.6 is 0 Å². The van der Waals surface area contributed by atoms with Crippen molar-refractivity contribution in [3.8, 4) is 11.5 Å². The largest absolute Gasteiger partial charge is 0.441 e. The highest BCUT2D eigenvalue weighted by molar-refractivity contribution is 5.76. The van der Waals surface area contributed by atoms with Crippen molar-refractivity contribution in [2.75, 3.05) is 19.6 Å². The molecule has 1 N–H and O–H groups in total. The van der Waals surface area contributed by atoms with Crippen LogP contribution in [0.5, 0.6) is 0 Å². The topological polar surface area (TPSA) is 58.4 Å². The van der Waals surface area contributed by atoms with E-state index in [2.05, 4.69) is 10.3 Å². The summed E-state index contributed by atoms with van der Waals surface area (Å²) in [6.07, 6.45) is 2.50. The first kappa shape index (κ1) is 14.5. The Morgan fingerprint density at radius 1 is 1.35 bits per heavy atom. The molecule has 4 rings (SSSR count). The molecule has 0 radical (unpaired) electrons. The van der Waals surface area contributed by atoms with Crippen LogP contribution in [0.4, 0.5) is 0 Å². The minimum Gasteiger partial charge on any atom is -0.441 e. The number of carbonyl (C=O) groups excluding carboxylic acids is 1. The highest BCUT2D eigenvalue weighted by atomic mass is 16.4. The van der Waals surface area contributed by atoms with E-state index in [1.165, 1.54) is 0 Å². The molecule has 1 aromatic heterocycles. The van der Waals surface area contributed by atoms with Crippen LogP contribution in [0.1, 0.15) is 24.3 Å². The van der Waals surface area contributed by atoms with Crippen molar-refractivity contribution in [2.45, 2.75) is 25.8 Å². The summed E-state index contributed by atoms with van der Waals surface area (Å²) in [5, 5.41) is 3.32. The van der Waals surface area contributed by atoms with Gasteiger partial charge in [0, 0.05) is 24.9 Å². The maximum absolute atomic E-state index is 12.5. The number of carbonyl (C=O) groups is 1. The first-order valence-corrected chi connectivity index (χ1v) is 8.32. The number of nitrogens with one attached hydrogen (secondary N) is 1. The van der Waals surface area contributed by atoms with E-state index in [1.54, 1.807) is 0 Å². The molecule has 23 heavy (non-hydrogen) atoms. The van der Waals surface area contributed by atoms with E-state index in [9.17, 15) is 4.79 Å². The zero-order chi connectivity index (χ0) is 15.6. The van der Waals surface area contributed by atoms with Gasteiger partial charge in [0.2, 0.25) is 11.8 Å². The van der Waals surface area contributed by atoms with Crippen LogP contribution in [0.15, 0.2) is 34.7 Å². The van der Waals surface area contributed by atoms with Gasteiger partial charge in [-0.2, -0.15) is 0 Å². The third-order valence-corrected chi connectivity index (χ3v) is 4.73. The lowest BCUT2D eigenvalue weighted by atomic mass is 10.0. The molecule has 1 unspecified atom stereocenters. The van der Waals surface area contributed by atoms with Gasteiger partial charge >= 0.3 is 0 Å². The molecule has 120 valence electrons. The highest BCUT2D eigenvalue weighted by Gasteiger charge is 2.27. The monoisotopic (exact) mass is 311 g/mol. The average Bonchev–Trinajstić information content (AvgIpc) is 3.24. The van der Waals surface area contributed by atoms with Gasteiger partial charge in [0.1, 0.15) is 11.5 Å². The summed E-state index contributed by atoms with van der Waals surface area (Å²) in [5.41, 5.74) is 1.89. The number of benzene rings is 1. The molecule has 0 aliphatic carbocycles. The first-order chi connectivity index (χ1) is 11.3. The standard InChI is InChI=1S/C18H21N3O2/c22-17(10-13-6-8-19-11-13)21-9-7-16-15(12-21)20-18(23-16)14-4-2-1-3-5-14/h1-5,13,19H,6-12H2. The van der Waals surface area contributed by atoms with Crippen LogP contribution in [-0.2, 0) is 17.8 Å². The van der Waals surface area contributed by atoms with Gasteiger partial charge in [-0.05, 0) is 37.6 Å². The Balaban J connectivity index is 1.46. The zero-order valence-electron chi connectivity index (χ0n) is 13.1. The molecule has 1 aromatic carbocycles. The van der Waals surface area contributed by atoms with Crippen LogP contribution < -0.4 is 5.32 Å². The fourth-order valence-electron chi connectivity index (χ4n) is 3.38. The number of hydrogen-bond donors (Lipinski definition) is 1. The average molecular weight is 311 g/mol. The third kappa shape index (κ3) is 3.01. The molecule has 1 fully saturated rings. The quantitative estimate of drug-likeness (QED) is 0.944.